The summed E-state index contributed by atoms with van der Waals surface area (Å²) in [5.41, 5.74) is -0.621. The second kappa shape index (κ2) is 6.69. The van der Waals surface area contributed by atoms with Gasteiger partial charge in [-0.15, -0.1) is 0 Å². The Hall–Kier alpha value is -1.56. The zero-order valence-corrected chi connectivity index (χ0v) is 14.1. The summed E-state index contributed by atoms with van der Waals surface area (Å²) >= 11 is 0. The number of oxazole rings is 1. The molecule has 1 aliphatic rings. The molecule has 1 fully saturated rings. The molecular weight excluding hydrogens is 280 g/mol. The minimum atomic E-state index is -0.571. The van der Waals surface area contributed by atoms with Gasteiger partial charge >= 0.3 is 0 Å². The highest BCUT2D eigenvalue weighted by molar-refractivity contribution is 5.79. The van der Waals surface area contributed by atoms with Crippen LogP contribution in [-0.2, 0) is 12.0 Å². The maximum atomic E-state index is 10.1. The zero-order chi connectivity index (χ0) is 16.2. The van der Waals surface area contributed by atoms with Gasteiger partial charge in [-0.3, -0.25) is 0 Å². The van der Waals surface area contributed by atoms with Gasteiger partial charge < -0.3 is 20.2 Å². The second-order valence-corrected chi connectivity index (χ2v) is 6.99. The number of guanidine groups is 1. The van der Waals surface area contributed by atoms with Crippen molar-refractivity contribution in [2.24, 2.45) is 4.99 Å². The smallest absolute Gasteiger partial charge is 0.216 e. The largest absolute Gasteiger partial charge is 0.443 e. The van der Waals surface area contributed by atoms with E-state index in [4.69, 9.17) is 4.42 Å². The Kier molecular flexibility index (Phi) is 5.11. The number of hydrogen-bond donors (Lipinski definition) is 3. The minimum absolute atomic E-state index is 0.0504. The number of nitrogens with zero attached hydrogens (tertiary/aromatic N) is 2. The molecule has 0 radical (unpaired) electrons. The van der Waals surface area contributed by atoms with Crippen molar-refractivity contribution >= 4 is 5.96 Å². The SMILES string of the molecule is CCNC(=NCc1ncc(C(C)(C)C)o1)NCC1(O)CCC1. The van der Waals surface area contributed by atoms with Crippen molar-refractivity contribution in [2.45, 2.75) is 64.5 Å². The molecule has 3 N–H and O–H groups in total. The first-order chi connectivity index (χ1) is 10.3. The highest BCUT2D eigenvalue weighted by Crippen LogP contribution is 2.30. The third kappa shape index (κ3) is 4.47. The number of aliphatic imine (C=N–C) groups is 1. The Labute approximate surface area is 132 Å². The lowest BCUT2D eigenvalue weighted by molar-refractivity contribution is -0.0279. The summed E-state index contributed by atoms with van der Waals surface area (Å²) in [7, 11) is 0. The van der Waals surface area contributed by atoms with Gasteiger partial charge in [0.25, 0.3) is 0 Å². The fraction of sp³-hybridized carbons (Fsp3) is 0.750. The molecule has 0 amide bonds. The van der Waals surface area contributed by atoms with Gasteiger partial charge in [-0.25, -0.2) is 9.98 Å². The molecule has 0 aliphatic heterocycles. The van der Waals surface area contributed by atoms with E-state index in [-0.39, 0.29) is 5.41 Å². The lowest BCUT2D eigenvalue weighted by Crippen LogP contribution is -2.50. The van der Waals surface area contributed by atoms with Gasteiger partial charge in [-0.05, 0) is 26.2 Å². The zero-order valence-electron chi connectivity index (χ0n) is 14.1. The first-order valence-corrected chi connectivity index (χ1v) is 8.02. The molecule has 0 aromatic carbocycles. The third-order valence-electron chi connectivity index (χ3n) is 3.88. The number of hydrogen-bond acceptors (Lipinski definition) is 4. The van der Waals surface area contributed by atoms with Crippen molar-refractivity contribution in [3.05, 3.63) is 17.8 Å². The Balaban J connectivity index is 1.93. The van der Waals surface area contributed by atoms with Crippen LogP contribution in [0.2, 0.25) is 0 Å². The van der Waals surface area contributed by atoms with E-state index in [2.05, 4.69) is 41.4 Å². The van der Waals surface area contributed by atoms with E-state index in [0.29, 0.717) is 24.9 Å². The average molecular weight is 308 g/mol. The number of aliphatic hydroxyl groups is 1. The molecule has 1 aliphatic carbocycles. The van der Waals surface area contributed by atoms with E-state index < -0.39 is 5.60 Å². The molecule has 1 aromatic rings. The third-order valence-corrected chi connectivity index (χ3v) is 3.88. The average Bonchev–Trinajstić information content (AvgIpc) is 2.88. The van der Waals surface area contributed by atoms with Crippen LogP contribution in [-0.4, -0.2) is 34.7 Å². The quantitative estimate of drug-likeness (QED) is 0.572. The van der Waals surface area contributed by atoms with E-state index in [0.717, 1.165) is 31.6 Å². The molecule has 0 bridgehead atoms. The molecule has 6 heteroatoms. The van der Waals surface area contributed by atoms with Crippen LogP contribution in [0.15, 0.2) is 15.6 Å². The maximum Gasteiger partial charge on any atom is 0.216 e. The van der Waals surface area contributed by atoms with Crippen molar-refractivity contribution in [1.82, 2.24) is 15.6 Å². The molecule has 1 aromatic heterocycles. The Morgan fingerprint density at radius 1 is 1.41 bits per heavy atom. The van der Waals surface area contributed by atoms with Crippen LogP contribution in [0, 0.1) is 0 Å². The molecule has 22 heavy (non-hydrogen) atoms. The Bertz CT molecular complexity index is 512. The minimum Gasteiger partial charge on any atom is -0.443 e. The molecule has 2 rings (SSSR count). The lowest BCUT2D eigenvalue weighted by Gasteiger charge is -2.36. The summed E-state index contributed by atoms with van der Waals surface area (Å²) < 4.78 is 5.73. The van der Waals surface area contributed by atoms with E-state index in [9.17, 15) is 5.11 Å². The van der Waals surface area contributed by atoms with Crippen molar-refractivity contribution in [3.63, 3.8) is 0 Å². The fourth-order valence-corrected chi connectivity index (χ4v) is 2.23. The van der Waals surface area contributed by atoms with Crippen LogP contribution in [0.1, 0.15) is 58.6 Å². The first-order valence-electron chi connectivity index (χ1n) is 8.02. The molecule has 1 heterocycles. The Morgan fingerprint density at radius 3 is 2.64 bits per heavy atom. The van der Waals surface area contributed by atoms with Gasteiger partial charge in [0.2, 0.25) is 5.89 Å². The van der Waals surface area contributed by atoms with Gasteiger partial charge in [-0.2, -0.15) is 0 Å². The summed E-state index contributed by atoms with van der Waals surface area (Å²) in [6.07, 6.45) is 4.57. The van der Waals surface area contributed by atoms with Crippen molar-refractivity contribution in [1.29, 1.82) is 0 Å². The van der Waals surface area contributed by atoms with Crippen molar-refractivity contribution in [2.75, 3.05) is 13.1 Å². The van der Waals surface area contributed by atoms with E-state index in [1.165, 1.54) is 0 Å². The number of aromatic nitrogens is 1. The van der Waals surface area contributed by atoms with E-state index in [1.807, 2.05) is 6.92 Å². The monoisotopic (exact) mass is 308 g/mol. The van der Waals surface area contributed by atoms with Gasteiger partial charge in [0, 0.05) is 18.5 Å². The van der Waals surface area contributed by atoms with E-state index in [1.54, 1.807) is 6.20 Å². The highest BCUT2D eigenvalue weighted by atomic mass is 16.4. The summed E-state index contributed by atoms with van der Waals surface area (Å²) in [6, 6.07) is 0. The van der Waals surface area contributed by atoms with Crippen LogP contribution in [0.3, 0.4) is 0 Å². The second-order valence-electron chi connectivity index (χ2n) is 6.99. The summed E-state index contributed by atoms with van der Waals surface area (Å²) in [5.74, 6) is 2.14. The molecule has 0 saturated heterocycles. The van der Waals surface area contributed by atoms with Gasteiger partial charge in [0.05, 0.1) is 11.8 Å². The topological polar surface area (TPSA) is 82.7 Å². The van der Waals surface area contributed by atoms with Crippen LogP contribution in [0.25, 0.3) is 0 Å². The van der Waals surface area contributed by atoms with E-state index >= 15 is 0 Å². The van der Waals surface area contributed by atoms with Crippen LogP contribution < -0.4 is 10.6 Å². The molecule has 124 valence electrons. The summed E-state index contributed by atoms with van der Waals surface area (Å²) in [5, 5.41) is 16.5. The normalized spacial score (nSPS) is 18.0. The van der Waals surface area contributed by atoms with Gasteiger partial charge in [-0.1, -0.05) is 20.8 Å². The Morgan fingerprint density at radius 2 is 2.14 bits per heavy atom. The molecule has 1 saturated carbocycles. The molecule has 0 atom stereocenters. The standard InChI is InChI=1S/C16H28N4O2/c1-5-17-14(20-11-16(21)7-6-8-16)19-10-13-18-9-12(22-13)15(2,3)4/h9,21H,5-8,10-11H2,1-4H3,(H2,17,19,20). The molecular formula is C16H28N4O2. The summed E-state index contributed by atoms with van der Waals surface area (Å²) in [4.78, 5) is 8.74. The maximum absolute atomic E-state index is 10.1. The van der Waals surface area contributed by atoms with Crippen LogP contribution in [0.5, 0.6) is 0 Å². The van der Waals surface area contributed by atoms with Crippen molar-refractivity contribution < 1.29 is 9.52 Å². The predicted molar refractivity (Wildman–Crippen MR) is 86.8 cm³/mol. The first kappa shape index (κ1) is 16.8. The number of rotatable bonds is 5. The molecule has 6 nitrogen and oxygen atoms in total. The van der Waals surface area contributed by atoms with Gasteiger partial charge in [0.15, 0.2) is 5.96 Å². The molecule has 0 unspecified atom stereocenters. The van der Waals surface area contributed by atoms with Crippen molar-refractivity contribution in [3.8, 4) is 0 Å². The predicted octanol–water partition coefficient (Wildman–Crippen LogP) is 1.94. The fourth-order valence-electron chi connectivity index (χ4n) is 2.23. The summed E-state index contributed by atoms with van der Waals surface area (Å²) in [6.45, 7) is 9.95. The van der Waals surface area contributed by atoms with Gasteiger partial charge in [0.1, 0.15) is 12.3 Å². The number of nitrogens with one attached hydrogen (secondary N) is 2. The lowest BCUT2D eigenvalue weighted by atomic mass is 9.80. The van der Waals surface area contributed by atoms with Crippen LogP contribution >= 0.6 is 0 Å². The highest BCUT2D eigenvalue weighted by Gasteiger charge is 2.34. The van der Waals surface area contributed by atoms with Crippen LogP contribution in [0.4, 0.5) is 0 Å². The molecule has 0 spiro atoms.